The SMILES string of the molecule is CN[C@H](C(=O)OC12CC3CC(C1)CC([C@H](N)C(=O)N1[C@H](C#N)C[C@@H]4C[C@@H]41)(C3)C2)c1c[nH]c2ccccc12. The first kappa shape index (κ1) is 23.2. The van der Waals surface area contributed by atoms with Gasteiger partial charge in [-0.1, -0.05) is 18.2 Å². The molecule has 4 N–H and O–H groups in total. The lowest BCUT2D eigenvalue weighted by Gasteiger charge is -2.62. The minimum atomic E-state index is -0.652. The van der Waals surface area contributed by atoms with Crippen LogP contribution in [0.2, 0.25) is 0 Å². The summed E-state index contributed by atoms with van der Waals surface area (Å²) in [5.41, 5.74) is 7.76. The van der Waals surface area contributed by atoms with E-state index in [1.54, 1.807) is 11.9 Å². The monoisotopic (exact) mass is 501 g/mol. The van der Waals surface area contributed by atoms with Crippen LogP contribution in [0.4, 0.5) is 0 Å². The highest BCUT2D eigenvalue weighted by atomic mass is 16.6. The molecular weight excluding hydrogens is 466 g/mol. The number of aromatic nitrogens is 1. The molecule has 1 amide bonds. The zero-order valence-electron chi connectivity index (χ0n) is 21.3. The van der Waals surface area contributed by atoms with Crippen molar-refractivity contribution in [3.05, 3.63) is 36.0 Å². The number of rotatable bonds is 6. The summed E-state index contributed by atoms with van der Waals surface area (Å²) in [4.78, 5) is 32.5. The summed E-state index contributed by atoms with van der Waals surface area (Å²) in [6.07, 6.45) is 8.92. The lowest BCUT2D eigenvalue weighted by Crippen LogP contribution is -2.65. The van der Waals surface area contributed by atoms with Crippen LogP contribution >= 0.6 is 0 Å². The second kappa shape index (κ2) is 8.05. The van der Waals surface area contributed by atoms with Crippen LogP contribution in [0.1, 0.15) is 63.0 Å². The predicted molar refractivity (Wildman–Crippen MR) is 137 cm³/mol. The van der Waals surface area contributed by atoms with Gasteiger partial charge in [0.05, 0.1) is 12.1 Å². The maximum Gasteiger partial charge on any atom is 0.328 e. The third kappa shape index (κ3) is 3.47. The third-order valence-electron chi connectivity index (χ3n) is 10.3. The van der Waals surface area contributed by atoms with Gasteiger partial charge in [-0.15, -0.1) is 0 Å². The van der Waals surface area contributed by atoms with Crippen molar-refractivity contribution in [3.63, 3.8) is 0 Å². The Hall–Kier alpha value is -2.89. The molecule has 5 aliphatic carbocycles. The van der Waals surface area contributed by atoms with E-state index < -0.39 is 17.7 Å². The zero-order chi connectivity index (χ0) is 25.5. The number of benzene rings is 1. The van der Waals surface area contributed by atoms with Gasteiger partial charge in [0.1, 0.15) is 17.7 Å². The smallest absolute Gasteiger partial charge is 0.328 e. The van der Waals surface area contributed by atoms with Crippen LogP contribution in [0, 0.1) is 34.5 Å². The molecule has 6 fully saturated rings. The van der Waals surface area contributed by atoms with E-state index in [1.807, 2.05) is 30.5 Å². The van der Waals surface area contributed by atoms with E-state index in [0.29, 0.717) is 24.2 Å². The number of ether oxygens (including phenoxy) is 1. The summed E-state index contributed by atoms with van der Waals surface area (Å²) >= 11 is 0. The minimum absolute atomic E-state index is 0.0631. The zero-order valence-corrected chi connectivity index (χ0v) is 21.3. The van der Waals surface area contributed by atoms with Crippen molar-refractivity contribution in [1.82, 2.24) is 15.2 Å². The normalized spacial score (nSPS) is 38.7. The number of fused-ring (bicyclic) bond motifs is 2. The van der Waals surface area contributed by atoms with Crippen LogP contribution in [0.25, 0.3) is 10.9 Å². The second-order valence-corrected chi connectivity index (χ2v) is 12.6. The number of nitrogens with zero attached hydrogens (tertiary/aromatic N) is 2. The van der Waals surface area contributed by atoms with Gasteiger partial charge in [0.25, 0.3) is 0 Å². The number of hydrogen-bond acceptors (Lipinski definition) is 6. The van der Waals surface area contributed by atoms with E-state index >= 15 is 0 Å². The highest BCUT2D eigenvalue weighted by molar-refractivity contribution is 5.90. The van der Waals surface area contributed by atoms with Crippen LogP contribution < -0.4 is 11.1 Å². The molecule has 0 radical (unpaired) electrons. The van der Waals surface area contributed by atoms with Gasteiger partial charge in [-0.25, -0.2) is 4.79 Å². The molecule has 2 unspecified atom stereocenters. The Morgan fingerprint density at radius 1 is 1.19 bits per heavy atom. The summed E-state index contributed by atoms with van der Waals surface area (Å²) in [5, 5.41) is 13.8. The average Bonchev–Trinajstić information content (AvgIpc) is 3.34. The van der Waals surface area contributed by atoms with Crippen molar-refractivity contribution in [1.29, 1.82) is 5.26 Å². The number of nitrogens with two attached hydrogens (primary N) is 1. The van der Waals surface area contributed by atoms with Crippen LogP contribution in [0.15, 0.2) is 30.5 Å². The fourth-order valence-electron chi connectivity index (χ4n) is 9.05. The molecular formula is C29H35N5O3. The highest BCUT2D eigenvalue weighted by Gasteiger charge is 2.64. The molecule has 7 atom stereocenters. The van der Waals surface area contributed by atoms with Crippen LogP contribution in [-0.4, -0.2) is 52.5 Å². The first-order chi connectivity index (χ1) is 17.9. The number of aromatic amines is 1. The molecule has 6 aliphatic rings. The maximum atomic E-state index is 13.8. The van der Waals surface area contributed by atoms with Crippen molar-refractivity contribution in [2.75, 3.05) is 7.05 Å². The van der Waals surface area contributed by atoms with Crippen molar-refractivity contribution < 1.29 is 14.3 Å². The van der Waals surface area contributed by atoms with Crippen molar-refractivity contribution in [2.24, 2.45) is 28.9 Å². The largest absolute Gasteiger partial charge is 0.458 e. The number of carbonyl (C=O) groups is 2. The van der Waals surface area contributed by atoms with E-state index in [0.717, 1.165) is 61.4 Å². The fourth-order valence-corrected chi connectivity index (χ4v) is 9.05. The topological polar surface area (TPSA) is 124 Å². The average molecular weight is 502 g/mol. The summed E-state index contributed by atoms with van der Waals surface area (Å²) < 4.78 is 6.48. The lowest BCUT2D eigenvalue weighted by atomic mass is 9.46. The first-order valence-corrected chi connectivity index (χ1v) is 13.8. The minimum Gasteiger partial charge on any atom is -0.458 e. The third-order valence-corrected chi connectivity index (χ3v) is 10.3. The summed E-state index contributed by atoms with van der Waals surface area (Å²) in [6.45, 7) is 0. The molecule has 8 heteroatoms. The molecule has 5 saturated carbocycles. The molecule has 37 heavy (non-hydrogen) atoms. The number of para-hydroxylation sites is 1. The number of likely N-dealkylation sites (tertiary alicyclic amines) is 1. The van der Waals surface area contributed by atoms with Gasteiger partial charge in [0, 0.05) is 28.7 Å². The van der Waals surface area contributed by atoms with E-state index in [1.165, 1.54) is 0 Å². The molecule has 194 valence electrons. The van der Waals surface area contributed by atoms with Gasteiger partial charge in [-0.2, -0.15) is 5.26 Å². The molecule has 8 rings (SSSR count). The molecule has 8 nitrogen and oxygen atoms in total. The fraction of sp³-hybridized carbons (Fsp3) is 0.621. The number of nitrogens with one attached hydrogen (secondary N) is 2. The molecule has 1 aromatic heterocycles. The molecule has 4 bridgehead atoms. The molecule has 2 aromatic rings. The second-order valence-electron chi connectivity index (χ2n) is 12.6. The number of likely N-dealkylation sites (N-methyl/N-ethyl adjacent to an activating group) is 1. The highest BCUT2D eigenvalue weighted by Crippen LogP contribution is 2.64. The molecule has 1 aliphatic heterocycles. The van der Waals surface area contributed by atoms with E-state index in [9.17, 15) is 14.9 Å². The lowest BCUT2D eigenvalue weighted by molar-refractivity contribution is -0.207. The number of H-pyrrole nitrogens is 1. The van der Waals surface area contributed by atoms with Crippen LogP contribution in [0.5, 0.6) is 0 Å². The van der Waals surface area contributed by atoms with Gasteiger partial charge in [-0.3, -0.25) is 4.79 Å². The molecule has 1 aromatic carbocycles. The van der Waals surface area contributed by atoms with E-state index in [-0.39, 0.29) is 29.4 Å². The Morgan fingerprint density at radius 2 is 1.95 bits per heavy atom. The van der Waals surface area contributed by atoms with Crippen molar-refractivity contribution in [2.45, 2.75) is 81.1 Å². The summed E-state index contributed by atoms with van der Waals surface area (Å²) in [6, 6.07) is 8.90. The van der Waals surface area contributed by atoms with Crippen LogP contribution in [0.3, 0.4) is 0 Å². The Kier molecular flexibility index (Phi) is 5.06. The predicted octanol–water partition coefficient (Wildman–Crippen LogP) is 3.15. The van der Waals surface area contributed by atoms with Crippen molar-refractivity contribution in [3.8, 4) is 6.07 Å². The van der Waals surface area contributed by atoms with E-state index in [2.05, 4.69) is 16.4 Å². The van der Waals surface area contributed by atoms with Gasteiger partial charge < -0.3 is 25.7 Å². The molecule has 0 spiro atoms. The maximum absolute atomic E-state index is 13.8. The number of hydrogen-bond donors (Lipinski definition) is 3. The number of piperidine rings is 1. The number of amides is 1. The van der Waals surface area contributed by atoms with Gasteiger partial charge in [0.15, 0.2) is 0 Å². The summed E-state index contributed by atoms with van der Waals surface area (Å²) in [5.74, 6) is 0.953. The quantitative estimate of drug-likeness (QED) is 0.523. The van der Waals surface area contributed by atoms with Crippen molar-refractivity contribution >= 4 is 22.8 Å². The Balaban J connectivity index is 1.15. The number of esters is 1. The van der Waals surface area contributed by atoms with Gasteiger partial charge in [0.2, 0.25) is 5.91 Å². The molecule has 2 heterocycles. The van der Waals surface area contributed by atoms with Crippen LogP contribution in [-0.2, 0) is 14.3 Å². The van der Waals surface area contributed by atoms with E-state index in [4.69, 9.17) is 10.5 Å². The Labute approximate surface area is 216 Å². The number of nitriles is 1. The first-order valence-electron chi connectivity index (χ1n) is 13.8. The number of carbonyl (C=O) groups excluding carboxylic acids is 2. The van der Waals surface area contributed by atoms with Gasteiger partial charge >= 0.3 is 5.97 Å². The standard InChI is InChI=1S/C29H35N5O3/c1-32-24(21-14-33-22-5-3-2-4-20(21)22)27(36)37-29-11-16-6-17(12-29)10-28(9-16,15-29)25(31)26(35)34-19(13-30)7-18-8-23(18)34/h2-5,14,16-19,23-25,32-33H,6-12,15,31H2,1H3/t16?,17?,18-,19+,23+,24+,25-,28?,29?/m1/s1. The van der Waals surface area contributed by atoms with Gasteiger partial charge in [-0.05, 0) is 87.6 Å². The Morgan fingerprint density at radius 3 is 2.68 bits per heavy atom. The Bertz CT molecular complexity index is 1300. The summed E-state index contributed by atoms with van der Waals surface area (Å²) in [7, 11) is 1.79. The molecule has 1 saturated heterocycles.